The first-order valence-electron chi connectivity index (χ1n) is 5.01. The molecule has 1 N–H and O–H groups in total. The molecule has 2 nitrogen and oxygen atoms in total. The second-order valence-electron chi connectivity index (χ2n) is 3.75. The van der Waals surface area contributed by atoms with Crippen molar-refractivity contribution in [1.82, 2.24) is 5.32 Å². The lowest BCUT2D eigenvalue weighted by Crippen LogP contribution is -2.36. The first-order chi connectivity index (χ1) is 7.52. The van der Waals surface area contributed by atoms with Gasteiger partial charge >= 0.3 is 6.18 Å². The van der Waals surface area contributed by atoms with Crippen LogP contribution < -0.4 is 10.1 Å². The van der Waals surface area contributed by atoms with Crippen molar-refractivity contribution in [3.63, 3.8) is 0 Å². The Kier molecular flexibility index (Phi) is 2.80. The van der Waals surface area contributed by atoms with Crippen LogP contribution in [0.5, 0.6) is 5.75 Å². The van der Waals surface area contributed by atoms with Gasteiger partial charge in [0.15, 0.2) is 0 Å². The molecule has 1 saturated heterocycles. The molecule has 1 unspecified atom stereocenters. The second-order valence-corrected chi connectivity index (χ2v) is 3.75. The van der Waals surface area contributed by atoms with Gasteiger partial charge in [0, 0.05) is 6.04 Å². The molecule has 0 aromatic heterocycles. The molecular formula is C11H12F3NO. The molecule has 0 amide bonds. The zero-order valence-electron chi connectivity index (χ0n) is 8.77. The van der Waals surface area contributed by atoms with Crippen LogP contribution in [-0.2, 0) is 6.18 Å². The summed E-state index contributed by atoms with van der Waals surface area (Å²) in [6.07, 6.45) is -3.59. The van der Waals surface area contributed by atoms with Gasteiger partial charge in [-0.2, -0.15) is 13.2 Å². The molecule has 0 spiro atoms. The van der Waals surface area contributed by atoms with Gasteiger partial charge in [-0.15, -0.1) is 0 Å². The van der Waals surface area contributed by atoms with E-state index in [-0.39, 0.29) is 11.8 Å². The summed E-state index contributed by atoms with van der Waals surface area (Å²) in [6, 6.07) is 3.92. The monoisotopic (exact) mass is 231 g/mol. The Morgan fingerprint density at radius 3 is 2.50 bits per heavy atom. The van der Waals surface area contributed by atoms with Crippen LogP contribution in [-0.4, -0.2) is 13.7 Å². The molecule has 5 heteroatoms. The van der Waals surface area contributed by atoms with Crippen molar-refractivity contribution >= 4 is 0 Å². The summed E-state index contributed by atoms with van der Waals surface area (Å²) < 4.78 is 43.2. The van der Waals surface area contributed by atoms with Crippen LogP contribution in [0.25, 0.3) is 0 Å². The van der Waals surface area contributed by atoms with Crippen molar-refractivity contribution in [2.24, 2.45) is 0 Å². The molecule has 1 aromatic carbocycles. The predicted molar refractivity (Wildman–Crippen MR) is 53.4 cm³/mol. The van der Waals surface area contributed by atoms with Crippen LogP contribution in [0.15, 0.2) is 18.2 Å². The van der Waals surface area contributed by atoms with E-state index in [0.29, 0.717) is 5.56 Å². The number of hydrogen-bond acceptors (Lipinski definition) is 2. The molecule has 1 heterocycles. The number of hydrogen-bond donors (Lipinski definition) is 1. The molecule has 0 saturated carbocycles. The van der Waals surface area contributed by atoms with Gasteiger partial charge in [-0.3, -0.25) is 0 Å². The van der Waals surface area contributed by atoms with Crippen molar-refractivity contribution in [2.75, 3.05) is 13.7 Å². The van der Waals surface area contributed by atoms with Gasteiger partial charge in [-0.25, -0.2) is 0 Å². The number of alkyl halides is 3. The maximum atomic E-state index is 12.8. The van der Waals surface area contributed by atoms with Crippen molar-refractivity contribution < 1.29 is 17.9 Å². The molecule has 0 radical (unpaired) electrons. The minimum atomic E-state index is -4.33. The van der Waals surface area contributed by atoms with E-state index < -0.39 is 11.7 Å². The third-order valence-electron chi connectivity index (χ3n) is 2.77. The van der Waals surface area contributed by atoms with Crippen LogP contribution in [0.3, 0.4) is 0 Å². The van der Waals surface area contributed by atoms with Crippen LogP contribution in [0.2, 0.25) is 0 Å². The number of methoxy groups -OCH3 is 1. The predicted octanol–water partition coefficient (Wildman–Crippen LogP) is 2.75. The van der Waals surface area contributed by atoms with E-state index in [2.05, 4.69) is 5.32 Å². The summed E-state index contributed by atoms with van der Waals surface area (Å²) in [5, 5.41) is 2.97. The lowest BCUT2D eigenvalue weighted by molar-refractivity contribution is -0.138. The molecule has 1 aliphatic rings. The average molecular weight is 231 g/mol. The van der Waals surface area contributed by atoms with Gasteiger partial charge in [0.25, 0.3) is 0 Å². The molecule has 1 aliphatic heterocycles. The Bertz CT molecular complexity index is 385. The first kappa shape index (κ1) is 11.3. The highest BCUT2D eigenvalue weighted by atomic mass is 19.4. The zero-order valence-corrected chi connectivity index (χ0v) is 8.77. The van der Waals surface area contributed by atoms with E-state index in [1.165, 1.54) is 13.2 Å². The quantitative estimate of drug-likeness (QED) is 0.845. The molecule has 2 rings (SSSR count). The van der Waals surface area contributed by atoms with Crippen molar-refractivity contribution in [2.45, 2.75) is 18.6 Å². The van der Waals surface area contributed by atoms with E-state index in [0.717, 1.165) is 19.0 Å². The van der Waals surface area contributed by atoms with E-state index >= 15 is 0 Å². The maximum absolute atomic E-state index is 12.8. The highest BCUT2D eigenvalue weighted by Crippen LogP contribution is 2.38. The SMILES string of the molecule is COc1ccc(C2CCN2)c(C(F)(F)F)c1. The maximum Gasteiger partial charge on any atom is 0.416 e. The number of halogens is 3. The minimum absolute atomic E-state index is 0.178. The van der Waals surface area contributed by atoms with Crippen molar-refractivity contribution in [3.05, 3.63) is 29.3 Å². The lowest BCUT2D eigenvalue weighted by Gasteiger charge is -2.30. The zero-order chi connectivity index (χ0) is 11.8. The van der Waals surface area contributed by atoms with Crippen LogP contribution in [0.4, 0.5) is 13.2 Å². The summed E-state index contributed by atoms with van der Waals surface area (Å²) in [5.74, 6) is 0.232. The number of ether oxygens (including phenoxy) is 1. The van der Waals surface area contributed by atoms with Gasteiger partial charge < -0.3 is 10.1 Å². The highest BCUT2D eigenvalue weighted by molar-refractivity contribution is 5.40. The number of rotatable bonds is 2. The molecule has 1 atom stereocenters. The van der Waals surface area contributed by atoms with Gasteiger partial charge in [0.1, 0.15) is 5.75 Å². The van der Waals surface area contributed by atoms with E-state index in [1.54, 1.807) is 6.07 Å². The molecule has 1 aromatic rings. The molecule has 1 fully saturated rings. The number of nitrogens with one attached hydrogen (secondary N) is 1. The minimum Gasteiger partial charge on any atom is -0.497 e. The lowest BCUT2D eigenvalue weighted by atomic mass is 9.93. The van der Waals surface area contributed by atoms with E-state index in [4.69, 9.17) is 4.74 Å². The summed E-state index contributed by atoms with van der Waals surface area (Å²) >= 11 is 0. The van der Waals surface area contributed by atoms with Crippen LogP contribution in [0.1, 0.15) is 23.6 Å². The fraction of sp³-hybridized carbons (Fsp3) is 0.455. The molecular weight excluding hydrogens is 219 g/mol. The summed E-state index contributed by atoms with van der Waals surface area (Å²) in [6.45, 7) is 0.772. The normalized spacial score (nSPS) is 20.4. The smallest absolute Gasteiger partial charge is 0.416 e. The van der Waals surface area contributed by atoms with E-state index in [1.807, 2.05) is 0 Å². The number of benzene rings is 1. The Balaban J connectivity index is 2.42. The topological polar surface area (TPSA) is 21.3 Å². The van der Waals surface area contributed by atoms with Crippen molar-refractivity contribution in [1.29, 1.82) is 0 Å². The summed E-state index contributed by atoms with van der Waals surface area (Å²) in [4.78, 5) is 0. The fourth-order valence-electron chi connectivity index (χ4n) is 1.77. The van der Waals surface area contributed by atoms with Crippen LogP contribution in [0, 0.1) is 0 Å². The largest absolute Gasteiger partial charge is 0.497 e. The van der Waals surface area contributed by atoms with Crippen molar-refractivity contribution in [3.8, 4) is 5.75 Å². The third kappa shape index (κ3) is 2.00. The third-order valence-corrected chi connectivity index (χ3v) is 2.77. The molecule has 0 bridgehead atoms. The van der Waals surface area contributed by atoms with E-state index in [9.17, 15) is 13.2 Å². The highest BCUT2D eigenvalue weighted by Gasteiger charge is 2.36. The molecule has 88 valence electrons. The fourth-order valence-corrected chi connectivity index (χ4v) is 1.77. The summed E-state index contributed by atoms with van der Waals surface area (Å²) in [7, 11) is 1.36. The summed E-state index contributed by atoms with van der Waals surface area (Å²) in [5.41, 5.74) is -0.302. The molecule has 16 heavy (non-hydrogen) atoms. The first-order valence-corrected chi connectivity index (χ1v) is 5.01. The Morgan fingerprint density at radius 2 is 2.06 bits per heavy atom. The van der Waals surface area contributed by atoms with Gasteiger partial charge in [-0.1, -0.05) is 6.07 Å². The van der Waals surface area contributed by atoms with Crippen LogP contribution >= 0.6 is 0 Å². The molecule has 0 aliphatic carbocycles. The average Bonchev–Trinajstić information content (AvgIpc) is 2.14. The Hall–Kier alpha value is -1.23. The second kappa shape index (κ2) is 3.97. The van der Waals surface area contributed by atoms with Gasteiger partial charge in [0.05, 0.1) is 12.7 Å². The Labute approximate surface area is 91.4 Å². The standard InChI is InChI=1S/C11H12F3NO/c1-16-7-2-3-8(10-4-5-15-10)9(6-7)11(12,13)14/h2-3,6,10,15H,4-5H2,1H3. The Morgan fingerprint density at radius 1 is 1.38 bits per heavy atom. The van der Waals surface area contributed by atoms with Gasteiger partial charge in [0.2, 0.25) is 0 Å². The van der Waals surface area contributed by atoms with Gasteiger partial charge in [-0.05, 0) is 30.7 Å².